The fourth-order valence-corrected chi connectivity index (χ4v) is 3.54. The number of amides is 1. The third-order valence-corrected chi connectivity index (χ3v) is 5.04. The van der Waals surface area contributed by atoms with Gasteiger partial charge in [-0.25, -0.2) is 9.78 Å². The van der Waals surface area contributed by atoms with E-state index in [-0.39, 0.29) is 17.0 Å². The molecule has 0 fully saturated rings. The van der Waals surface area contributed by atoms with Crippen molar-refractivity contribution in [3.63, 3.8) is 0 Å². The Morgan fingerprint density at radius 2 is 2.10 bits per heavy atom. The van der Waals surface area contributed by atoms with Gasteiger partial charge < -0.3 is 14.9 Å². The highest BCUT2D eigenvalue weighted by atomic mass is 32.1. The minimum Gasteiger partial charge on any atom is -0.476 e. The van der Waals surface area contributed by atoms with Crippen LogP contribution in [-0.4, -0.2) is 27.1 Å². The largest absolute Gasteiger partial charge is 0.476 e. The molecule has 3 aromatic rings. The van der Waals surface area contributed by atoms with Crippen LogP contribution in [0.1, 0.15) is 69.6 Å². The normalized spacial score (nSPS) is 11.3. The number of thiazole rings is 1. The van der Waals surface area contributed by atoms with Crippen LogP contribution in [0.25, 0.3) is 12.2 Å². The summed E-state index contributed by atoms with van der Waals surface area (Å²) >= 11 is 1.58. The molecule has 0 aliphatic heterocycles. The second-order valence-electron chi connectivity index (χ2n) is 6.67. The first kappa shape index (κ1) is 20.5. The lowest BCUT2D eigenvalue weighted by atomic mass is 10.1. The molecule has 0 bridgehead atoms. The van der Waals surface area contributed by atoms with Crippen molar-refractivity contribution in [1.82, 2.24) is 10.1 Å². The van der Waals surface area contributed by atoms with Gasteiger partial charge in [0, 0.05) is 17.5 Å². The van der Waals surface area contributed by atoms with Crippen molar-refractivity contribution < 1.29 is 19.2 Å². The molecule has 29 heavy (non-hydrogen) atoms. The van der Waals surface area contributed by atoms with Crippen molar-refractivity contribution in [3.05, 3.63) is 62.9 Å². The third-order valence-electron chi connectivity index (χ3n) is 4.21. The van der Waals surface area contributed by atoms with Gasteiger partial charge in [-0.05, 0) is 29.7 Å². The molecule has 0 aliphatic carbocycles. The van der Waals surface area contributed by atoms with Gasteiger partial charge in [0.1, 0.15) is 16.3 Å². The van der Waals surface area contributed by atoms with E-state index < -0.39 is 11.9 Å². The zero-order chi connectivity index (χ0) is 21.0. The van der Waals surface area contributed by atoms with Crippen LogP contribution in [0, 0.1) is 0 Å². The van der Waals surface area contributed by atoms with Gasteiger partial charge in [0.05, 0.1) is 5.69 Å². The Balaban J connectivity index is 1.78. The van der Waals surface area contributed by atoms with Crippen molar-refractivity contribution >= 4 is 41.1 Å². The second kappa shape index (κ2) is 8.83. The van der Waals surface area contributed by atoms with Crippen LogP contribution in [0.5, 0.6) is 0 Å². The predicted octanol–water partition coefficient (Wildman–Crippen LogP) is 4.94. The number of hydrogen-bond donors (Lipinski definition) is 2. The maximum absolute atomic E-state index is 12.6. The number of aryl methyl sites for hydroxylation is 1. The average molecular weight is 411 g/mol. The first-order chi connectivity index (χ1) is 13.9. The number of rotatable bonds is 7. The van der Waals surface area contributed by atoms with Crippen LogP contribution in [0.15, 0.2) is 34.2 Å². The molecule has 2 N–H and O–H groups in total. The van der Waals surface area contributed by atoms with E-state index in [1.54, 1.807) is 30.4 Å². The van der Waals surface area contributed by atoms with Crippen LogP contribution in [0.2, 0.25) is 0 Å². The highest BCUT2D eigenvalue weighted by molar-refractivity contribution is 7.10. The summed E-state index contributed by atoms with van der Waals surface area (Å²) < 4.78 is 4.99. The summed E-state index contributed by atoms with van der Waals surface area (Å²) in [5, 5.41) is 18.4. The summed E-state index contributed by atoms with van der Waals surface area (Å²) in [6.45, 7) is 5.96. The molecule has 1 amide bonds. The SMILES string of the molecule is CCc1onc(C(=O)O)c1C(=O)Nc1cccc(/C=C/c2nc(C(C)C)cs2)c1. The van der Waals surface area contributed by atoms with Gasteiger partial charge >= 0.3 is 5.97 Å². The Labute approximate surface area is 172 Å². The van der Waals surface area contributed by atoms with Gasteiger partial charge in [-0.1, -0.05) is 44.1 Å². The molecule has 2 heterocycles. The van der Waals surface area contributed by atoms with Gasteiger partial charge in [-0.2, -0.15) is 0 Å². The van der Waals surface area contributed by atoms with Gasteiger partial charge in [-0.15, -0.1) is 11.3 Å². The maximum Gasteiger partial charge on any atom is 0.358 e. The van der Waals surface area contributed by atoms with E-state index in [1.807, 2.05) is 29.7 Å². The lowest BCUT2D eigenvalue weighted by Gasteiger charge is -2.06. The highest BCUT2D eigenvalue weighted by Gasteiger charge is 2.26. The summed E-state index contributed by atoms with van der Waals surface area (Å²) in [4.78, 5) is 28.5. The topological polar surface area (TPSA) is 105 Å². The highest BCUT2D eigenvalue weighted by Crippen LogP contribution is 2.21. The van der Waals surface area contributed by atoms with Crippen molar-refractivity contribution in [2.45, 2.75) is 33.1 Å². The van der Waals surface area contributed by atoms with Gasteiger partial charge in [0.2, 0.25) is 5.69 Å². The van der Waals surface area contributed by atoms with Crippen molar-refractivity contribution in [1.29, 1.82) is 0 Å². The molecule has 0 spiro atoms. The molecule has 150 valence electrons. The smallest absolute Gasteiger partial charge is 0.358 e. The van der Waals surface area contributed by atoms with Crippen LogP contribution in [0.3, 0.4) is 0 Å². The Hall–Kier alpha value is -3.26. The number of benzene rings is 1. The van der Waals surface area contributed by atoms with E-state index in [2.05, 4.69) is 29.3 Å². The molecular weight excluding hydrogens is 390 g/mol. The average Bonchev–Trinajstić information content (AvgIpc) is 3.33. The summed E-state index contributed by atoms with van der Waals surface area (Å²) in [5.41, 5.74) is 2.04. The number of nitrogens with zero attached hydrogens (tertiary/aromatic N) is 2. The lowest BCUT2D eigenvalue weighted by molar-refractivity contribution is 0.0682. The third kappa shape index (κ3) is 4.78. The van der Waals surface area contributed by atoms with Gasteiger partial charge in [0.25, 0.3) is 5.91 Å². The zero-order valence-corrected chi connectivity index (χ0v) is 17.1. The van der Waals surface area contributed by atoms with E-state index in [0.29, 0.717) is 18.0 Å². The number of carbonyl (C=O) groups excluding carboxylic acids is 1. The van der Waals surface area contributed by atoms with E-state index in [9.17, 15) is 14.7 Å². The van der Waals surface area contributed by atoms with E-state index in [1.165, 1.54) is 0 Å². The monoisotopic (exact) mass is 411 g/mol. The van der Waals surface area contributed by atoms with E-state index in [0.717, 1.165) is 16.3 Å². The van der Waals surface area contributed by atoms with Crippen molar-refractivity contribution in [3.8, 4) is 0 Å². The molecule has 0 aliphatic rings. The van der Waals surface area contributed by atoms with E-state index >= 15 is 0 Å². The number of hydrogen-bond acceptors (Lipinski definition) is 6. The standard InChI is InChI=1S/C21H21N3O4S/c1-4-16-18(19(21(26)27)24-28-16)20(25)22-14-7-5-6-13(10-14)8-9-17-23-15(11-29-17)12(2)3/h5-12H,4H2,1-3H3,(H,22,25)(H,26,27)/b9-8+. The molecular formula is C21H21N3O4S. The maximum atomic E-state index is 12.6. The van der Waals surface area contributed by atoms with Gasteiger partial charge in [0.15, 0.2) is 0 Å². The number of anilines is 1. The van der Waals surface area contributed by atoms with Crippen molar-refractivity contribution in [2.24, 2.45) is 0 Å². The van der Waals surface area contributed by atoms with Crippen LogP contribution in [0.4, 0.5) is 5.69 Å². The molecule has 1 aromatic carbocycles. The predicted molar refractivity (Wildman–Crippen MR) is 112 cm³/mol. The number of aromatic nitrogens is 2. The zero-order valence-electron chi connectivity index (χ0n) is 16.3. The molecule has 3 rings (SSSR count). The van der Waals surface area contributed by atoms with Gasteiger partial charge in [-0.3, -0.25) is 4.79 Å². The number of carboxylic acids is 1. The first-order valence-corrected chi connectivity index (χ1v) is 10.0. The summed E-state index contributed by atoms with van der Waals surface area (Å²) in [7, 11) is 0. The molecule has 2 aromatic heterocycles. The summed E-state index contributed by atoms with van der Waals surface area (Å²) in [5.74, 6) is -1.25. The fourth-order valence-electron chi connectivity index (χ4n) is 2.67. The molecule has 0 saturated heterocycles. The Kier molecular flexibility index (Phi) is 6.23. The minimum absolute atomic E-state index is 0.0510. The molecule has 0 saturated carbocycles. The molecule has 7 nitrogen and oxygen atoms in total. The Bertz CT molecular complexity index is 1070. The lowest BCUT2D eigenvalue weighted by Crippen LogP contribution is -2.17. The summed E-state index contributed by atoms with van der Waals surface area (Å²) in [6, 6.07) is 7.24. The molecule has 0 unspecified atom stereocenters. The second-order valence-corrected chi connectivity index (χ2v) is 7.56. The number of aromatic carboxylic acids is 1. The molecule has 0 radical (unpaired) electrons. The van der Waals surface area contributed by atoms with Crippen LogP contribution in [-0.2, 0) is 6.42 Å². The quantitative estimate of drug-likeness (QED) is 0.571. The number of nitrogens with one attached hydrogen (secondary N) is 1. The fraction of sp³-hybridized carbons (Fsp3) is 0.238. The molecule has 8 heteroatoms. The van der Waals surface area contributed by atoms with Crippen molar-refractivity contribution in [2.75, 3.05) is 5.32 Å². The van der Waals surface area contributed by atoms with Crippen LogP contribution < -0.4 is 5.32 Å². The Morgan fingerprint density at radius 1 is 1.31 bits per heavy atom. The number of carboxylic acid groups (broad SMARTS) is 1. The molecule has 0 atom stereocenters. The first-order valence-electron chi connectivity index (χ1n) is 9.15. The van der Waals surface area contributed by atoms with E-state index in [4.69, 9.17) is 4.52 Å². The van der Waals surface area contributed by atoms with Crippen LogP contribution >= 0.6 is 11.3 Å². The Morgan fingerprint density at radius 3 is 2.76 bits per heavy atom. The minimum atomic E-state index is -1.31. The number of carbonyl (C=O) groups is 2. The summed E-state index contributed by atoms with van der Waals surface area (Å²) in [6.07, 6.45) is 4.20.